The molecule has 0 fully saturated rings. The maximum atomic E-state index is 5.54. The van der Waals surface area contributed by atoms with Gasteiger partial charge < -0.3 is 14.2 Å². The second-order valence-corrected chi connectivity index (χ2v) is 7.21. The molecule has 0 atom stereocenters. The first-order valence-corrected chi connectivity index (χ1v) is 9.83. The quantitative estimate of drug-likeness (QED) is 0.421. The summed E-state index contributed by atoms with van der Waals surface area (Å²) in [6.45, 7) is 0. The molecule has 0 bridgehead atoms. The Bertz CT molecular complexity index is 1090. The predicted octanol–water partition coefficient (Wildman–Crippen LogP) is 5.56. The first-order chi connectivity index (χ1) is 14.2. The summed E-state index contributed by atoms with van der Waals surface area (Å²) in [4.78, 5) is 10.2. The second kappa shape index (κ2) is 8.32. The average Bonchev–Trinajstić information content (AvgIpc) is 3.24. The number of rotatable bonds is 6. The molecule has 0 N–H and O–H groups in total. The van der Waals surface area contributed by atoms with E-state index in [1.807, 2.05) is 42.5 Å². The normalized spacial score (nSPS) is 10.6. The van der Waals surface area contributed by atoms with E-state index in [1.165, 1.54) is 0 Å². The standard InChI is InChI=1S/C23H20N2O3S/c1-26-18-13-17(14-19(27-2)21(18)28-3)20-22(15-9-11-24-12-10-15)29-23(25-20)16-7-5-4-6-8-16/h4-14H,1-3H3. The molecular formula is C23H20N2O3S. The molecule has 4 aromatic rings. The molecule has 0 saturated heterocycles. The van der Waals surface area contributed by atoms with Gasteiger partial charge >= 0.3 is 0 Å². The largest absolute Gasteiger partial charge is 0.493 e. The van der Waals surface area contributed by atoms with Crippen molar-refractivity contribution in [3.63, 3.8) is 0 Å². The summed E-state index contributed by atoms with van der Waals surface area (Å²) < 4.78 is 16.5. The van der Waals surface area contributed by atoms with Crippen molar-refractivity contribution >= 4 is 11.3 Å². The molecule has 0 unspecified atom stereocenters. The van der Waals surface area contributed by atoms with E-state index >= 15 is 0 Å². The highest BCUT2D eigenvalue weighted by molar-refractivity contribution is 7.19. The number of aromatic nitrogens is 2. The van der Waals surface area contributed by atoms with E-state index in [0.29, 0.717) is 17.2 Å². The van der Waals surface area contributed by atoms with E-state index in [-0.39, 0.29) is 0 Å². The summed E-state index contributed by atoms with van der Waals surface area (Å²) in [5.41, 5.74) is 3.89. The van der Waals surface area contributed by atoms with Gasteiger partial charge in [0.1, 0.15) is 5.01 Å². The Balaban J connectivity index is 1.94. The van der Waals surface area contributed by atoms with Gasteiger partial charge in [-0.25, -0.2) is 4.98 Å². The molecule has 146 valence electrons. The first-order valence-electron chi connectivity index (χ1n) is 9.02. The van der Waals surface area contributed by atoms with Gasteiger partial charge in [-0.05, 0) is 29.8 Å². The van der Waals surface area contributed by atoms with Gasteiger partial charge in [0.05, 0.1) is 31.9 Å². The summed E-state index contributed by atoms with van der Waals surface area (Å²) >= 11 is 1.65. The van der Waals surface area contributed by atoms with Crippen LogP contribution in [0.25, 0.3) is 32.3 Å². The third kappa shape index (κ3) is 3.67. The van der Waals surface area contributed by atoms with Gasteiger partial charge in [-0.15, -0.1) is 11.3 Å². The lowest BCUT2D eigenvalue weighted by atomic mass is 10.1. The Morgan fingerprint density at radius 3 is 1.97 bits per heavy atom. The molecule has 4 rings (SSSR count). The molecule has 2 heterocycles. The highest BCUT2D eigenvalue weighted by Crippen LogP contribution is 2.45. The molecule has 0 spiro atoms. The van der Waals surface area contributed by atoms with E-state index in [9.17, 15) is 0 Å². The topological polar surface area (TPSA) is 53.5 Å². The molecule has 2 aromatic carbocycles. The van der Waals surface area contributed by atoms with Crippen LogP contribution in [-0.4, -0.2) is 31.3 Å². The highest BCUT2D eigenvalue weighted by Gasteiger charge is 2.20. The van der Waals surface area contributed by atoms with Crippen LogP contribution in [0.3, 0.4) is 0 Å². The molecule has 0 aliphatic carbocycles. The number of thiazole rings is 1. The number of hydrogen-bond donors (Lipinski definition) is 0. The fraction of sp³-hybridized carbons (Fsp3) is 0.130. The molecule has 0 radical (unpaired) electrons. The Kier molecular flexibility index (Phi) is 5.44. The molecule has 5 nitrogen and oxygen atoms in total. The molecule has 0 aliphatic rings. The van der Waals surface area contributed by atoms with Crippen molar-refractivity contribution in [2.75, 3.05) is 21.3 Å². The predicted molar refractivity (Wildman–Crippen MR) is 116 cm³/mol. The Hall–Kier alpha value is -3.38. The summed E-state index contributed by atoms with van der Waals surface area (Å²) in [5, 5.41) is 0.946. The summed E-state index contributed by atoms with van der Waals surface area (Å²) in [6, 6.07) is 18.0. The summed E-state index contributed by atoms with van der Waals surface area (Å²) in [7, 11) is 4.82. The van der Waals surface area contributed by atoms with Crippen LogP contribution in [-0.2, 0) is 0 Å². The Morgan fingerprint density at radius 2 is 1.38 bits per heavy atom. The number of nitrogens with zero attached hydrogens (tertiary/aromatic N) is 2. The number of hydrogen-bond acceptors (Lipinski definition) is 6. The zero-order valence-electron chi connectivity index (χ0n) is 16.4. The fourth-order valence-electron chi connectivity index (χ4n) is 3.14. The van der Waals surface area contributed by atoms with Crippen LogP contribution in [0.2, 0.25) is 0 Å². The maximum absolute atomic E-state index is 5.54. The molecule has 29 heavy (non-hydrogen) atoms. The van der Waals surface area contributed by atoms with E-state index in [2.05, 4.69) is 17.1 Å². The van der Waals surface area contributed by atoms with Crippen LogP contribution >= 0.6 is 11.3 Å². The SMILES string of the molecule is COc1cc(-c2nc(-c3ccccc3)sc2-c2ccncc2)cc(OC)c1OC. The minimum absolute atomic E-state index is 0.558. The van der Waals surface area contributed by atoms with E-state index in [4.69, 9.17) is 19.2 Å². The van der Waals surface area contributed by atoms with Crippen LogP contribution in [0.15, 0.2) is 67.0 Å². The average molecular weight is 404 g/mol. The van der Waals surface area contributed by atoms with Crippen molar-refractivity contribution in [1.82, 2.24) is 9.97 Å². The summed E-state index contributed by atoms with van der Waals surface area (Å²) in [5.74, 6) is 1.75. The second-order valence-electron chi connectivity index (χ2n) is 6.21. The van der Waals surface area contributed by atoms with Crippen molar-refractivity contribution in [2.45, 2.75) is 0 Å². The molecule has 0 saturated carbocycles. The minimum atomic E-state index is 0.558. The van der Waals surface area contributed by atoms with Gasteiger partial charge in [-0.2, -0.15) is 0 Å². The first kappa shape index (κ1) is 19.0. The maximum Gasteiger partial charge on any atom is 0.203 e. The molecule has 6 heteroatoms. The molecular weight excluding hydrogens is 384 g/mol. The zero-order chi connectivity index (χ0) is 20.2. The van der Waals surface area contributed by atoms with Gasteiger partial charge in [0.2, 0.25) is 5.75 Å². The van der Waals surface area contributed by atoms with Gasteiger partial charge in [-0.1, -0.05) is 30.3 Å². The number of pyridine rings is 1. The lowest BCUT2D eigenvalue weighted by molar-refractivity contribution is 0.324. The van der Waals surface area contributed by atoms with Gasteiger partial charge in [0.25, 0.3) is 0 Å². The number of benzene rings is 2. The number of ether oxygens (including phenoxy) is 3. The smallest absolute Gasteiger partial charge is 0.203 e. The Morgan fingerprint density at radius 1 is 0.724 bits per heavy atom. The lowest BCUT2D eigenvalue weighted by Crippen LogP contribution is -1.96. The molecule has 0 amide bonds. The lowest BCUT2D eigenvalue weighted by Gasteiger charge is -2.14. The van der Waals surface area contributed by atoms with E-state index in [1.54, 1.807) is 45.1 Å². The van der Waals surface area contributed by atoms with Crippen LogP contribution in [0, 0.1) is 0 Å². The van der Waals surface area contributed by atoms with Crippen molar-refractivity contribution in [2.24, 2.45) is 0 Å². The third-order valence-electron chi connectivity index (χ3n) is 4.53. The molecule has 0 aliphatic heterocycles. The van der Waals surface area contributed by atoms with Crippen LogP contribution in [0.4, 0.5) is 0 Å². The minimum Gasteiger partial charge on any atom is -0.493 e. The van der Waals surface area contributed by atoms with E-state index < -0.39 is 0 Å². The Labute approximate surface area is 173 Å². The monoisotopic (exact) mass is 404 g/mol. The zero-order valence-corrected chi connectivity index (χ0v) is 17.2. The van der Waals surface area contributed by atoms with Crippen molar-refractivity contribution < 1.29 is 14.2 Å². The van der Waals surface area contributed by atoms with Gasteiger partial charge in [0.15, 0.2) is 11.5 Å². The van der Waals surface area contributed by atoms with Crippen molar-refractivity contribution in [3.8, 4) is 49.5 Å². The summed E-state index contributed by atoms with van der Waals surface area (Å²) in [6.07, 6.45) is 3.58. The van der Waals surface area contributed by atoms with Gasteiger partial charge in [0, 0.05) is 23.5 Å². The molecule has 2 aromatic heterocycles. The van der Waals surface area contributed by atoms with Crippen molar-refractivity contribution in [1.29, 1.82) is 0 Å². The van der Waals surface area contributed by atoms with E-state index in [0.717, 1.165) is 32.3 Å². The van der Waals surface area contributed by atoms with Crippen LogP contribution < -0.4 is 14.2 Å². The van der Waals surface area contributed by atoms with Crippen LogP contribution in [0.1, 0.15) is 0 Å². The van der Waals surface area contributed by atoms with Crippen LogP contribution in [0.5, 0.6) is 17.2 Å². The van der Waals surface area contributed by atoms with Crippen molar-refractivity contribution in [3.05, 3.63) is 67.0 Å². The third-order valence-corrected chi connectivity index (χ3v) is 5.68. The highest BCUT2D eigenvalue weighted by atomic mass is 32.1. The fourth-order valence-corrected chi connectivity index (χ4v) is 4.24. The number of methoxy groups -OCH3 is 3. The van der Waals surface area contributed by atoms with Gasteiger partial charge in [-0.3, -0.25) is 4.98 Å².